The van der Waals surface area contributed by atoms with Gasteiger partial charge >= 0.3 is 0 Å². The van der Waals surface area contributed by atoms with Gasteiger partial charge in [0, 0.05) is 33.4 Å². The van der Waals surface area contributed by atoms with Crippen molar-refractivity contribution in [3.63, 3.8) is 0 Å². The first-order valence-corrected chi connectivity index (χ1v) is 8.12. The Morgan fingerprint density at radius 2 is 2.14 bits per heavy atom. The van der Waals surface area contributed by atoms with Gasteiger partial charge in [0.05, 0.1) is 6.20 Å². The number of benzene rings is 1. The van der Waals surface area contributed by atoms with Crippen molar-refractivity contribution in [2.75, 3.05) is 20.2 Å². The van der Waals surface area contributed by atoms with Crippen LogP contribution < -0.4 is 4.74 Å². The third-order valence-electron chi connectivity index (χ3n) is 4.07. The Morgan fingerprint density at radius 1 is 1.27 bits per heavy atom. The number of aromatic nitrogens is 1. The number of nitrogens with zero attached hydrogens (tertiary/aromatic N) is 2. The van der Waals surface area contributed by atoms with Crippen LogP contribution in [0.15, 0.2) is 36.7 Å². The smallest absolute Gasteiger partial charge is 0.138 e. The molecule has 5 heteroatoms. The molecular weight excluding hydrogens is 319 g/mol. The normalized spacial score (nSPS) is 18.6. The molecule has 1 aliphatic rings. The van der Waals surface area contributed by atoms with Gasteiger partial charge in [-0.05, 0) is 44.6 Å². The molecule has 0 saturated carbocycles. The molecule has 22 heavy (non-hydrogen) atoms. The molecule has 0 amide bonds. The molecule has 1 atom stereocenters. The van der Waals surface area contributed by atoms with Crippen molar-refractivity contribution in [3.05, 3.63) is 46.7 Å². The van der Waals surface area contributed by atoms with Crippen molar-refractivity contribution < 1.29 is 4.74 Å². The highest BCUT2D eigenvalue weighted by Gasteiger charge is 2.21. The lowest BCUT2D eigenvalue weighted by Crippen LogP contribution is -2.30. The topological polar surface area (TPSA) is 25.4 Å². The largest absolute Gasteiger partial charge is 0.490 e. The molecule has 1 fully saturated rings. The molecule has 0 N–H and O–H groups in total. The number of rotatable bonds is 4. The van der Waals surface area contributed by atoms with Crippen LogP contribution in [0.1, 0.15) is 12.8 Å². The van der Waals surface area contributed by atoms with E-state index in [4.69, 9.17) is 27.9 Å². The highest BCUT2D eigenvalue weighted by atomic mass is 35.5. The van der Waals surface area contributed by atoms with Crippen LogP contribution in [0, 0.1) is 0 Å². The highest BCUT2D eigenvalue weighted by Crippen LogP contribution is 2.31. The third kappa shape index (κ3) is 3.54. The highest BCUT2D eigenvalue weighted by molar-refractivity contribution is 6.36. The van der Waals surface area contributed by atoms with E-state index in [-0.39, 0.29) is 0 Å². The third-order valence-corrected chi connectivity index (χ3v) is 4.62. The molecule has 1 saturated heterocycles. The second-order valence-corrected chi connectivity index (χ2v) is 6.46. The van der Waals surface area contributed by atoms with E-state index in [9.17, 15) is 0 Å². The summed E-state index contributed by atoms with van der Waals surface area (Å²) < 4.78 is 5.91. The molecule has 2 aromatic rings. The first-order valence-electron chi connectivity index (χ1n) is 7.37. The molecule has 0 bridgehead atoms. The van der Waals surface area contributed by atoms with E-state index < -0.39 is 0 Å². The van der Waals surface area contributed by atoms with E-state index in [1.165, 1.54) is 12.8 Å². The predicted molar refractivity (Wildman–Crippen MR) is 90.8 cm³/mol. The monoisotopic (exact) mass is 336 g/mol. The van der Waals surface area contributed by atoms with Gasteiger partial charge in [0.2, 0.25) is 0 Å². The van der Waals surface area contributed by atoms with Crippen molar-refractivity contribution in [2.45, 2.75) is 18.9 Å². The molecule has 2 heterocycles. The van der Waals surface area contributed by atoms with Crippen molar-refractivity contribution in [2.24, 2.45) is 0 Å². The summed E-state index contributed by atoms with van der Waals surface area (Å²) in [6.07, 6.45) is 5.95. The summed E-state index contributed by atoms with van der Waals surface area (Å²) in [4.78, 5) is 6.60. The number of halogens is 2. The quantitative estimate of drug-likeness (QED) is 0.820. The molecule has 1 aliphatic heterocycles. The zero-order valence-electron chi connectivity index (χ0n) is 12.4. The van der Waals surface area contributed by atoms with Gasteiger partial charge in [-0.25, -0.2) is 0 Å². The first-order chi connectivity index (χ1) is 10.6. The minimum absolute atomic E-state index is 0.489. The van der Waals surface area contributed by atoms with Crippen LogP contribution in [0.3, 0.4) is 0 Å². The number of ether oxygens (including phenoxy) is 1. The fraction of sp³-hybridized carbons (Fsp3) is 0.353. The lowest BCUT2D eigenvalue weighted by molar-refractivity contribution is 0.198. The molecule has 3 nitrogen and oxygen atoms in total. The Hall–Kier alpha value is -1.29. The molecule has 0 unspecified atom stereocenters. The lowest BCUT2D eigenvalue weighted by Gasteiger charge is -2.19. The molecular formula is C17H18Cl2N2O. The predicted octanol–water partition coefficient (Wildman–Crippen LogP) is 4.53. The number of hydrogen-bond acceptors (Lipinski definition) is 3. The zero-order chi connectivity index (χ0) is 15.5. The maximum Gasteiger partial charge on any atom is 0.138 e. The van der Waals surface area contributed by atoms with Gasteiger partial charge in [-0.1, -0.05) is 29.3 Å². The Morgan fingerprint density at radius 3 is 2.86 bits per heavy atom. The number of likely N-dealkylation sites (tertiary alicyclic amines) is 1. The van der Waals surface area contributed by atoms with E-state index in [2.05, 4.69) is 16.9 Å². The van der Waals surface area contributed by atoms with Gasteiger partial charge in [-0.3, -0.25) is 4.98 Å². The fourth-order valence-corrected chi connectivity index (χ4v) is 3.27. The fourth-order valence-electron chi connectivity index (χ4n) is 2.75. The maximum atomic E-state index is 6.26. The van der Waals surface area contributed by atoms with Gasteiger partial charge in [0.25, 0.3) is 0 Å². The summed E-state index contributed by atoms with van der Waals surface area (Å²) >= 11 is 12.2. The van der Waals surface area contributed by atoms with E-state index in [0.717, 1.165) is 23.4 Å². The van der Waals surface area contributed by atoms with Crippen LogP contribution in [0.25, 0.3) is 11.1 Å². The summed E-state index contributed by atoms with van der Waals surface area (Å²) in [5, 5.41) is 1.24. The van der Waals surface area contributed by atoms with Gasteiger partial charge in [0.15, 0.2) is 0 Å². The Kier molecular flexibility index (Phi) is 4.87. The number of pyridine rings is 1. The molecule has 0 spiro atoms. The van der Waals surface area contributed by atoms with E-state index in [1.807, 2.05) is 18.2 Å². The lowest BCUT2D eigenvalue weighted by atomic mass is 10.1. The number of hydrogen-bond donors (Lipinski definition) is 0. The van der Waals surface area contributed by atoms with E-state index >= 15 is 0 Å². The molecule has 116 valence electrons. The summed E-state index contributed by atoms with van der Waals surface area (Å²) in [5.41, 5.74) is 1.83. The van der Waals surface area contributed by atoms with Crippen molar-refractivity contribution in [1.29, 1.82) is 0 Å². The molecule has 1 aromatic carbocycles. The summed E-state index contributed by atoms with van der Waals surface area (Å²) in [7, 11) is 2.14. The molecule has 0 aliphatic carbocycles. The minimum atomic E-state index is 0.489. The van der Waals surface area contributed by atoms with E-state index in [1.54, 1.807) is 18.5 Å². The standard InChI is InChI=1S/C17H18Cl2N2O/c1-21-6-2-3-14(21)11-22-15-7-12(9-20-10-15)16-5-4-13(18)8-17(16)19/h4-5,7-10,14H,2-3,6,11H2,1H3/t14-/m0/s1. The van der Waals surface area contributed by atoms with E-state index in [0.29, 0.717) is 22.7 Å². The van der Waals surface area contributed by atoms with Gasteiger partial charge < -0.3 is 9.64 Å². The van der Waals surface area contributed by atoms with Crippen molar-refractivity contribution >= 4 is 23.2 Å². The molecule has 3 rings (SSSR count). The average Bonchev–Trinajstić information content (AvgIpc) is 2.91. The molecule has 0 radical (unpaired) electrons. The van der Waals surface area contributed by atoms with Crippen LogP contribution in [-0.4, -0.2) is 36.1 Å². The van der Waals surface area contributed by atoms with Gasteiger partial charge in [0.1, 0.15) is 12.4 Å². The summed E-state index contributed by atoms with van der Waals surface area (Å²) in [6, 6.07) is 7.92. The van der Waals surface area contributed by atoms with Crippen molar-refractivity contribution in [1.82, 2.24) is 9.88 Å². The van der Waals surface area contributed by atoms with Gasteiger partial charge in [-0.2, -0.15) is 0 Å². The first kappa shape index (κ1) is 15.6. The van der Waals surface area contributed by atoms with Crippen LogP contribution in [-0.2, 0) is 0 Å². The zero-order valence-corrected chi connectivity index (χ0v) is 13.9. The van der Waals surface area contributed by atoms with Gasteiger partial charge in [-0.15, -0.1) is 0 Å². The summed E-state index contributed by atoms with van der Waals surface area (Å²) in [6.45, 7) is 1.84. The Balaban J connectivity index is 1.74. The average molecular weight is 337 g/mol. The SMILES string of the molecule is CN1CCC[C@H]1COc1cncc(-c2ccc(Cl)cc2Cl)c1. The maximum absolute atomic E-state index is 6.26. The second-order valence-electron chi connectivity index (χ2n) is 5.62. The van der Waals surface area contributed by atoms with Crippen molar-refractivity contribution in [3.8, 4) is 16.9 Å². The van der Waals surface area contributed by atoms with Crippen LogP contribution >= 0.6 is 23.2 Å². The van der Waals surface area contributed by atoms with Crippen LogP contribution in [0.4, 0.5) is 0 Å². The minimum Gasteiger partial charge on any atom is -0.490 e. The Labute approximate surface area is 140 Å². The molecule has 1 aromatic heterocycles. The number of likely N-dealkylation sites (N-methyl/N-ethyl adjacent to an activating group) is 1. The summed E-state index contributed by atoms with van der Waals surface area (Å²) in [5.74, 6) is 0.767. The van der Waals surface area contributed by atoms with Crippen LogP contribution in [0.2, 0.25) is 10.0 Å². The second kappa shape index (κ2) is 6.86. The Bertz CT molecular complexity index is 663. The van der Waals surface area contributed by atoms with Crippen LogP contribution in [0.5, 0.6) is 5.75 Å².